The molecular formula is C22H33N5O3. The molecule has 2 unspecified atom stereocenters. The smallest absolute Gasteiger partial charge is 0.203 e. The second kappa shape index (κ2) is 10.2. The van der Waals surface area contributed by atoms with Crippen molar-refractivity contribution in [2.75, 3.05) is 41.0 Å². The van der Waals surface area contributed by atoms with E-state index in [2.05, 4.69) is 33.6 Å². The van der Waals surface area contributed by atoms with Crippen LogP contribution >= 0.6 is 0 Å². The summed E-state index contributed by atoms with van der Waals surface area (Å²) >= 11 is 0. The molecule has 2 aromatic rings. The first-order valence-electron chi connectivity index (χ1n) is 10.4. The van der Waals surface area contributed by atoms with Gasteiger partial charge in [0.05, 0.1) is 40.2 Å². The SMILES string of the molecule is CCNC(=NCc1cc(OC)c(OC)c(OC)c1)N1CCC(C)C(n2ccnc2)C1. The van der Waals surface area contributed by atoms with E-state index in [1.807, 2.05) is 30.9 Å². The first-order valence-corrected chi connectivity index (χ1v) is 10.4. The largest absolute Gasteiger partial charge is 0.493 e. The van der Waals surface area contributed by atoms with Crippen molar-refractivity contribution in [3.8, 4) is 17.2 Å². The number of hydrogen-bond donors (Lipinski definition) is 1. The van der Waals surface area contributed by atoms with Gasteiger partial charge in [0, 0.05) is 32.0 Å². The zero-order chi connectivity index (χ0) is 21.5. The summed E-state index contributed by atoms with van der Waals surface area (Å²) in [6.07, 6.45) is 6.90. The normalized spacial score (nSPS) is 19.5. The van der Waals surface area contributed by atoms with E-state index in [9.17, 15) is 0 Å². The Morgan fingerprint density at radius 2 is 1.93 bits per heavy atom. The topological polar surface area (TPSA) is 73.1 Å². The van der Waals surface area contributed by atoms with Crippen LogP contribution in [0.25, 0.3) is 0 Å². The lowest BCUT2D eigenvalue weighted by atomic mass is 9.93. The van der Waals surface area contributed by atoms with E-state index >= 15 is 0 Å². The maximum atomic E-state index is 5.47. The molecule has 0 saturated carbocycles. The van der Waals surface area contributed by atoms with Crippen molar-refractivity contribution in [1.29, 1.82) is 0 Å². The van der Waals surface area contributed by atoms with Crippen molar-refractivity contribution in [2.45, 2.75) is 32.9 Å². The van der Waals surface area contributed by atoms with Crippen LogP contribution in [0.5, 0.6) is 17.2 Å². The summed E-state index contributed by atoms with van der Waals surface area (Å²) < 4.78 is 18.6. The van der Waals surface area contributed by atoms with Crippen molar-refractivity contribution in [3.05, 3.63) is 36.4 Å². The first kappa shape index (κ1) is 21.8. The fourth-order valence-electron chi connectivity index (χ4n) is 3.91. The fraction of sp³-hybridized carbons (Fsp3) is 0.545. The molecule has 3 rings (SSSR count). The Hall–Kier alpha value is -2.90. The molecule has 8 heteroatoms. The number of aromatic nitrogens is 2. The van der Waals surface area contributed by atoms with E-state index in [1.165, 1.54) is 0 Å². The van der Waals surface area contributed by atoms with Gasteiger partial charge in [0.1, 0.15) is 0 Å². The molecule has 1 N–H and O–H groups in total. The number of methoxy groups -OCH3 is 3. The van der Waals surface area contributed by atoms with Crippen molar-refractivity contribution in [1.82, 2.24) is 19.8 Å². The Kier molecular flexibility index (Phi) is 7.43. The Morgan fingerprint density at radius 3 is 2.50 bits per heavy atom. The predicted octanol–water partition coefficient (Wildman–Crippen LogP) is 2.96. The highest BCUT2D eigenvalue weighted by molar-refractivity contribution is 5.80. The third kappa shape index (κ3) is 4.80. The average Bonchev–Trinajstić information content (AvgIpc) is 3.31. The zero-order valence-corrected chi connectivity index (χ0v) is 18.6. The van der Waals surface area contributed by atoms with Crippen molar-refractivity contribution in [3.63, 3.8) is 0 Å². The first-order chi connectivity index (χ1) is 14.6. The number of ether oxygens (including phenoxy) is 3. The number of piperidine rings is 1. The van der Waals surface area contributed by atoms with Crippen LogP contribution in [0.3, 0.4) is 0 Å². The molecule has 30 heavy (non-hydrogen) atoms. The van der Waals surface area contributed by atoms with Crippen LogP contribution in [-0.2, 0) is 6.54 Å². The number of likely N-dealkylation sites (tertiary alicyclic amines) is 1. The van der Waals surface area contributed by atoms with Gasteiger partial charge in [-0.2, -0.15) is 0 Å². The molecule has 1 aromatic carbocycles. The van der Waals surface area contributed by atoms with Crippen LogP contribution in [0.15, 0.2) is 35.8 Å². The summed E-state index contributed by atoms with van der Waals surface area (Å²) in [6, 6.07) is 4.27. The van der Waals surface area contributed by atoms with Crippen molar-refractivity contribution >= 4 is 5.96 Å². The van der Waals surface area contributed by atoms with Gasteiger partial charge in [0.2, 0.25) is 5.75 Å². The Morgan fingerprint density at radius 1 is 1.20 bits per heavy atom. The molecule has 1 aromatic heterocycles. The van der Waals surface area contributed by atoms with E-state index in [-0.39, 0.29) is 0 Å². The molecule has 2 heterocycles. The molecule has 0 spiro atoms. The van der Waals surface area contributed by atoms with Crippen LogP contribution < -0.4 is 19.5 Å². The lowest BCUT2D eigenvalue weighted by Gasteiger charge is -2.39. The van der Waals surface area contributed by atoms with Gasteiger partial charge in [-0.3, -0.25) is 0 Å². The summed E-state index contributed by atoms with van der Waals surface area (Å²) in [7, 11) is 4.86. The number of rotatable bonds is 7. The zero-order valence-electron chi connectivity index (χ0n) is 18.6. The number of benzene rings is 1. The lowest BCUT2D eigenvalue weighted by Crippen LogP contribution is -2.49. The number of hydrogen-bond acceptors (Lipinski definition) is 5. The molecule has 164 valence electrons. The summed E-state index contributed by atoms with van der Waals surface area (Å²) in [5, 5.41) is 3.45. The second-order valence-corrected chi connectivity index (χ2v) is 7.49. The minimum atomic E-state index is 0.381. The maximum absolute atomic E-state index is 5.47. The minimum Gasteiger partial charge on any atom is -0.493 e. The lowest BCUT2D eigenvalue weighted by molar-refractivity contribution is 0.189. The van der Waals surface area contributed by atoms with Gasteiger partial charge in [0.25, 0.3) is 0 Å². The molecule has 1 aliphatic heterocycles. The van der Waals surface area contributed by atoms with Gasteiger partial charge in [-0.25, -0.2) is 9.98 Å². The molecule has 1 fully saturated rings. The number of imidazole rings is 1. The van der Waals surface area contributed by atoms with Crippen LogP contribution in [-0.4, -0.2) is 61.4 Å². The van der Waals surface area contributed by atoms with E-state index in [0.717, 1.165) is 37.6 Å². The third-order valence-corrected chi connectivity index (χ3v) is 5.60. The third-order valence-electron chi connectivity index (χ3n) is 5.60. The number of nitrogens with zero attached hydrogens (tertiary/aromatic N) is 4. The van der Waals surface area contributed by atoms with Gasteiger partial charge >= 0.3 is 0 Å². The van der Waals surface area contributed by atoms with Gasteiger partial charge in [0.15, 0.2) is 17.5 Å². The maximum Gasteiger partial charge on any atom is 0.203 e. The Labute approximate surface area is 178 Å². The van der Waals surface area contributed by atoms with Gasteiger partial charge in [-0.05, 0) is 37.0 Å². The fourth-order valence-corrected chi connectivity index (χ4v) is 3.91. The van der Waals surface area contributed by atoms with E-state index in [0.29, 0.717) is 35.8 Å². The summed E-state index contributed by atoms with van der Waals surface area (Å²) in [5.41, 5.74) is 0.997. The number of nitrogens with one attached hydrogen (secondary N) is 1. The monoisotopic (exact) mass is 415 g/mol. The Balaban J connectivity index is 1.81. The molecule has 0 aliphatic carbocycles. The molecule has 0 bridgehead atoms. The molecule has 1 aliphatic rings. The van der Waals surface area contributed by atoms with Crippen LogP contribution in [0.4, 0.5) is 0 Å². The molecule has 0 amide bonds. The summed E-state index contributed by atoms with van der Waals surface area (Å²) in [6.45, 7) is 7.61. The average molecular weight is 416 g/mol. The molecular weight excluding hydrogens is 382 g/mol. The van der Waals surface area contributed by atoms with E-state index in [4.69, 9.17) is 19.2 Å². The van der Waals surface area contributed by atoms with Crippen molar-refractivity contribution in [2.24, 2.45) is 10.9 Å². The van der Waals surface area contributed by atoms with E-state index < -0.39 is 0 Å². The number of guanidine groups is 1. The van der Waals surface area contributed by atoms with Crippen LogP contribution in [0.1, 0.15) is 31.9 Å². The quantitative estimate of drug-likeness (QED) is 0.554. The highest BCUT2D eigenvalue weighted by Crippen LogP contribution is 2.38. The summed E-state index contributed by atoms with van der Waals surface area (Å²) in [4.78, 5) is 11.5. The molecule has 1 saturated heterocycles. The van der Waals surface area contributed by atoms with E-state index in [1.54, 1.807) is 21.3 Å². The van der Waals surface area contributed by atoms with Crippen molar-refractivity contribution < 1.29 is 14.2 Å². The van der Waals surface area contributed by atoms with Gasteiger partial charge < -0.3 is 29.0 Å². The molecule has 8 nitrogen and oxygen atoms in total. The highest BCUT2D eigenvalue weighted by atomic mass is 16.5. The van der Waals surface area contributed by atoms with Gasteiger partial charge in [-0.15, -0.1) is 0 Å². The standard InChI is InChI=1S/C22H33N5O3/c1-6-24-22(26-9-7-16(2)18(14-26)27-10-8-23-15-27)25-13-17-11-19(28-3)21(30-5)20(12-17)29-4/h8,10-12,15-16,18H,6-7,9,13-14H2,1-5H3,(H,24,25). The minimum absolute atomic E-state index is 0.381. The van der Waals surface area contributed by atoms with Gasteiger partial charge in [-0.1, -0.05) is 6.92 Å². The number of aliphatic imine (C=N–C) groups is 1. The second-order valence-electron chi connectivity index (χ2n) is 7.49. The Bertz CT molecular complexity index is 812. The van der Waals surface area contributed by atoms with Crippen LogP contribution in [0.2, 0.25) is 0 Å². The molecule has 2 atom stereocenters. The predicted molar refractivity (Wildman–Crippen MR) is 118 cm³/mol. The molecule has 0 radical (unpaired) electrons. The highest BCUT2D eigenvalue weighted by Gasteiger charge is 2.29. The summed E-state index contributed by atoms with van der Waals surface area (Å²) in [5.74, 6) is 3.38. The van der Waals surface area contributed by atoms with Crippen LogP contribution in [0, 0.1) is 5.92 Å².